The van der Waals surface area contributed by atoms with Gasteiger partial charge < -0.3 is 10.1 Å². The number of nitrogens with zero attached hydrogens (tertiary/aromatic N) is 2. The number of hydrogen-bond donors (Lipinski definition) is 1. The standard InChI is InChI=1S/C11H21N.C9H17NO.C2H6/c1-3-4-5-6-7-8-9-10-11-12-2;10-8-6-4-2-1-3-5-7-9-11;1-2/h3-4H,2,5-11H2,1H3;11H,1-7,9H2;1-2H3/b4-3+;;. The molecule has 1 N–H and O–H groups in total. The molecule has 0 saturated heterocycles. The van der Waals surface area contributed by atoms with E-state index in [0.29, 0.717) is 13.0 Å². The van der Waals surface area contributed by atoms with Gasteiger partial charge in [0.2, 0.25) is 0 Å². The highest BCUT2D eigenvalue weighted by Crippen LogP contribution is 2.06. The largest absolute Gasteiger partial charge is 0.396 e. The average Bonchev–Trinajstić information content (AvgIpc) is 2.65. The zero-order valence-corrected chi connectivity index (χ0v) is 17.3. The van der Waals surface area contributed by atoms with Gasteiger partial charge in [0.25, 0.3) is 0 Å². The normalized spacial score (nSPS) is 9.56. The lowest BCUT2D eigenvalue weighted by atomic mass is 10.1. The van der Waals surface area contributed by atoms with Gasteiger partial charge in [-0.2, -0.15) is 5.26 Å². The molecular weight excluding hydrogens is 308 g/mol. The Morgan fingerprint density at radius 3 is 1.92 bits per heavy atom. The Kier molecular flexibility index (Phi) is 39.3. The molecule has 0 aliphatic heterocycles. The summed E-state index contributed by atoms with van der Waals surface area (Å²) in [5.74, 6) is 0. The van der Waals surface area contributed by atoms with E-state index >= 15 is 0 Å². The maximum Gasteiger partial charge on any atom is 0.0621 e. The first-order valence-corrected chi connectivity index (χ1v) is 10.3. The number of allylic oxidation sites excluding steroid dienone is 2. The van der Waals surface area contributed by atoms with Gasteiger partial charge in [-0.3, -0.25) is 0 Å². The summed E-state index contributed by atoms with van der Waals surface area (Å²) < 4.78 is 0. The molecule has 0 amide bonds. The smallest absolute Gasteiger partial charge is 0.0621 e. The van der Waals surface area contributed by atoms with Crippen molar-refractivity contribution < 1.29 is 5.11 Å². The van der Waals surface area contributed by atoms with E-state index in [-0.39, 0.29) is 0 Å². The van der Waals surface area contributed by atoms with Gasteiger partial charge in [-0.1, -0.05) is 70.9 Å². The second-order valence-corrected chi connectivity index (χ2v) is 5.83. The number of aliphatic hydroxyl groups is 1. The van der Waals surface area contributed by atoms with Crippen LogP contribution in [0.4, 0.5) is 0 Å². The van der Waals surface area contributed by atoms with Crippen LogP contribution >= 0.6 is 0 Å². The minimum absolute atomic E-state index is 0.318. The molecule has 0 unspecified atom stereocenters. The molecule has 0 atom stereocenters. The van der Waals surface area contributed by atoms with Crippen LogP contribution in [-0.4, -0.2) is 25.0 Å². The molecule has 0 aliphatic rings. The van der Waals surface area contributed by atoms with E-state index in [0.717, 1.165) is 25.8 Å². The topological polar surface area (TPSA) is 56.4 Å². The fourth-order valence-corrected chi connectivity index (χ4v) is 2.21. The van der Waals surface area contributed by atoms with Gasteiger partial charge in [0.1, 0.15) is 0 Å². The van der Waals surface area contributed by atoms with Gasteiger partial charge in [0.05, 0.1) is 6.07 Å². The van der Waals surface area contributed by atoms with E-state index in [1.165, 1.54) is 57.8 Å². The lowest BCUT2D eigenvalue weighted by molar-refractivity contribution is 0.282. The fourth-order valence-electron chi connectivity index (χ4n) is 2.21. The van der Waals surface area contributed by atoms with Crippen LogP contribution in [0.1, 0.15) is 104 Å². The summed E-state index contributed by atoms with van der Waals surface area (Å²) >= 11 is 0. The zero-order chi connectivity index (χ0) is 19.4. The molecule has 0 fully saturated rings. The van der Waals surface area contributed by atoms with Crippen LogP contribution in [0.25, 0.3) is 0 Å². The second-order valence-electron chi connectivity index (χ2n) is 5.83. The van der Waals surface area contributed by atoms with Crippen molar-refractivity contribution in [3.05, 3.63) is 12.2 Å². The molecule has 0 heterocycles. The third kappa shape index (κ3) is 39.5. The Balaban J connectivity index is -0.000000353. The summed E-state index contributed by atoms with van der Waals surface area (Å²) in [6.07, 6.45) is 19.6. The van der Waals surface area contributed by atoms with E-state index < -0.39 is 0 Å². The number of nitriles is 1. The predicted molar refractivity (Wildman–Crippen MR) is 113 cm³/mol. The van der Waals surface area contributed by atoms with Crippen LogP contribution in [0.5, 0.6) is 0 Å². The zero-order valence-electron chi connectivity index (χ0n) is 17.3. The maximum atomic E-state index is 8.46. The first kappa shape index (κ1) is 28.7. The molecule has 3 heteroatoms. The quantitative estimate of drug-likeness (QED) is 0.199. The van der Waals surface area contributed by atoms with Crippen molar-refractivity contribution >= 4 is 6.72 Å². The first-order valence-electron chi connectivity index (χ1n) is 10.3. The maximum absolute atomic E-state index is 8.46. The van der Waals surface area contributed by atoms with Crippen molar-refractivity contribution in [1.82, 2.24) is 0 Å². The Morgan fingerprint density at radius 2 is 1.40 bits per heavy atom. The molecule has 0 spiro atoms. The van der Waals surface area contributed by atoms with Gasteiger partial charge >= 0.3 is 0 Å². The number of aliphatic imine (C=N–C) groups is 1. The van der Waals surface area contributed by atoms with Crippen LogP contribution in [0.2, 0.25) is 0 Å². The molecule has 148 valence electrons. The molecule has 0 aromatic heterocycles. The summed E-state index contributed by atoms with van der Waals surface area (Å²) in [6.45, 7) is 10.8. The van der Waals surface area contributed by atoms with Crippen LogP contribution in [-0.2, 0) is 0 Å². The monoisotopic (exact) mass is 352 g/mol. The highest BCUT2D eigenvalue weighted by Gasteiger charge is 1.89. The average molecular weight is 353 g/mol. The lowest BCUT2D eigenvalue weighted by Crippen LogP contribution is -1.83. The van der Waals surface area contributed by atoms with Crippen molar-refractivity contribution in [1.29, 1.82) is 5.26 Å². The summed E-state index contributed by atoms with van der Waals surface area (Å²) in [7, 11) is 0. The van der Waals surface area contributed by atoms with Crippen LogP contribution < -0.4 is 0 Å². The first-order chi connectivity index (χ1) is 12.3. The molecule has 25 heavy (non-hydrogen) atoms. The van der Waals surface area contributed by atoms with Gasteiger partial charge in [0.15, 0.2) is 0 Å². The number of aliphatic hydroxyl groups excluding tert-OH is 1. The predicted octanol–water partition coefficient (Wildman–Crippen LogP) is 6.86. The van der Waals surface area contributed by atoms with Crippen LogP contribution in [0.15, 0.2) is 17.1 Å². The molecule has 0 bridgehead atoms. The number of hydrogen-bond acceptors (Lipinski definition) is 3. The van der Waals surface area contributed by atoms with Crippen LogP contribution in [0, 0.1) is 11.3 Å². The minimum Gasteiger partial charge on any atom is -0.396 e. The third-order valence-corrected chi connectivity index (χ3v) is 3.62. The van der Waals surface area contributed by atoms with E-state index in [9.17, 15) is 0 Å². The van der Waals surface area contributed by atoms with Gasteiger partial charge in [-0.05, 0) is 45.7 Å². The molecule has 0 saturated carbocycles. The van der Waals surface area contributed by atoms with Crippen LogP contribution in [0.3, 0.4) is 0 Å². The number of rotatable bonds is 15. The van der Waals surface area contributed by atoms with Crippen molar-refractivity contribution in [2.24, 2.45) is 4.99 Å². The molecule has 0 aromatic carbocycles. The second kappa shape index (κ2) is 34.2. The SMILES string of the molecule is C=NCCCCCCC/C=C/C.CC.N#CCCCCCCCCO. The van der Waals surface area contributed by atoms with Crippen molar-refractivity contribution in [2.75, 3.05) is 13.2 Å². The third-order valence-electron chi connectivity index (χ3n) is 3.62. The Hall–Kier alpha value is -1.14. The fraction of sp³-hybridized carbons (Fsp3) is 0.818. The molecule has 0 radical (unpaired) electrons. The van der Waals surface area contributed by atoms with E-state index in [1.54, 1.807) is 0 Å². The van der Waals surface area contributed by atoms with E-state index in [4.69, 9.17) is 10.4 Å². The van der Waals surface area contributed by atoms with Gasteiger partial charge in [-0.25, -0.2) is 0 Å². The summed E-state index contributed by atoms with van der Waals surface area (Å²) in [4.78, 5) is 3.82. The highest BCUT2D eigenvalue weighted by molar-refractivity contribution is 5.22. The highest BCUT2D eigenvalue weighted by atomic mass is 16.2. The summed E-state index contributed by atoms with van der Waals surface area (Å²) in [5.41, 5.74) is 0. The summed E-state index contributed by atoms with van der Waals surface area (Å²) in [6, 6.07) is 2.13. The molecule has 0 aromatic rings. The lowest BCUT2D eigenvalue weighted by Gasteiger charge is -1.97. The molecule has 0 aliphatic carbocycles. The molecule has 0 rings (SSSR count). The van der Waals surface area contributed by atoms with Crippen molar-refractivity contribution in [2.45, 2.75) is 104 Å². The summed E-state index contributed by atoms with van der Waals surface area (Å²) in [5, 5.41) is 16.7. The number of unbranched alkanes of at least 4 members (excludes halogenated alkanes) is 11. The minimum atomic E-state index is 0.318. The van der Waals surface area contributed by atoms with Crippen molar-refractivity contribution in [3.8, 4) is 6.07 Å². The Bertz CT molecular complexity index is 282. The van der Waals surface area contributed by atoms with Gasteiger partial charge in [-0.15, -0.1) is 0 Å². The van der Waals surface area contributed by atoms with E-state index in [2.05, 4.69) is 36.9 Å². The van der Waals surface area contributed by atoms with Crippen molar-refractivity contribution in [3.63, 3.8) is 0 Å². The molecular formula is C22H44N2O. The Morgan fingerprint density at radius 1 is 0.880 bits per heavy atom. The van der Waals surface area contributed by atoms with Gasteiger partial charge in [0, 0.05) is 19.6 Å². The Labute approximate surface area is 158 Å². The van der Waals surface area contributed by atoms with E-state index in [1.807, 2.05) is 13.8 Å². The molecule has 3 nitrogen and oxygen atoms in total.